The highest BCUT2D eigenvalue weighted by atomic mass is 16.1. The van der Waals surface area contributed by atoms with E-state index >= 15 is 0 Å². The molecule has 0 spiro atoms. The first kappa shape index (κ1) is 7.98. The zero-order valence-corrected chi connectivity index (χ0v) is 7.01. The van der Waals surface area contributed by atoms with Gasteiger partial charge in [-0.15, -0.1) is 0 Å². The number of rotatable bonds is 1. The lowest BCUT2D eigenvalue weighted by Crippen LogP contribution is -2.11. The van der Waals surface area contributed by atoms with Gasteiger partial charge >= 0.3 is 0 Å². The van der Waals surface area contributed by atoms with Gasteiger partial charge in [-0.25, -0.2) is 4.98 Å². The highest BCUT2D eigenvalue weighted by molar-refractivity contribution is 5.68. The number of imidazole rings is 1. The minimum Gasteiger partial charge on any atom is -0.339 e. The van der Waals surface area contributed by atoms with E-state index in [1.54, 1.807) is 6.20 Å². The van der Waals surface area contributed by atoms with Crippen LogP contribution in [0.15, 0.2) is 6.20 Å². The minimum absolute atomic E-state index is 0.0360. The van der Waals surface area contributed by atoms with Crippen LogP contribution in [0.5, 0.6) is 0 Å². The third-order valence-electron chi connectivity index (χ3n) is 1.52. The van der Waals surface area contributed by atoms with Crippen molar-refractivity contribution < 1.29 is 4.79 Å². The Morgan fingerprint density at radius 2 is 2.18 bits per heavy atom. The van der Waals surface area contributed by atoms with Crippen LogP contribution in [0, 0.1) is 0 Å². The van der Waals surface area contributed by atoms with E-state index in [0.717, 1.165) is 12.0 Å². The first-order valence-corrected chi connectivity index (χ1v) is 3.54. The van der Waals surface area contributed by atoms with Gasteiger partial charge in [0, 0.05) is 17.3 Å². The third-order valence-corrected chi connectivity index (χ3v) is 1.52. The number of nitrogens with one attached hydrogen (secondary N) is 1. The van der Waals surface area contributed by atoms with Crippen LogP contribution in [-0.2, 0) is 5.41 Å². The third kappa shape index (κ3) is 1.67. The number of hydrogen-bond acceptors (Lipinski definition) is 2. The van der Waals surface area contributed by atoms with Gasteiger partial charge in [-0.2, -0.15) is 0 Å². The van der Waals surface area contributed by atoms with Crippen molar-refractivity contribution in [2.45, 2.75) is 26.2 Å². The lowest BCUT2D eigenvalue weighted by atomic mass is 9.93. The molecule has 0 amide bonds. The van der Waals surface area contributed by atoms with Crippen molar-refractivity contribution >= 4 is 6.29 Å². The maximum Gasteiger partial charge on any atom is 0.185 e. The van der Waals surface area contributed by atoms with Crippen molar-refractivity contribution in [1.29, 1.82) is 0 Å². The quantitative estimate of drug-likeness (QED) is 0.620. The van der Waals surface area contributed by atoms with E-state index in [4.69, 9.17) is 0 Å². The van der Waals surface area contributed by atoms with E-state index in [9.17, 15) is 4.79 Å². The van der Waals surface area contributed by atoms with Gasteiger partial charge in [-0.05, 0) is 0 Å². The highest BCUT2D eigenvalue weighted by Crippen LogP contribution is 2.18. The normalized spacial score (nSPS) is 11.5. The predicted octanol–water partition coefficient (Wildman–Crippen LogP) is 1.52. The lowest BCUT2D eigenvalue weighted by Gasteiger charge is -2.14. The fourth-order valence-electron chi connectivity index (χ4n) is 0.778. The van der Waals surface area contributed by atoms with Gasteiger partial charge in [0.2, 0.25) is 0 Å². The van der Waals surface area contributed by atoms with Crippen molar-refractivity contribution in [2.75, 3.05) is 0 Å². The van der Waals surface area contributed by atoms with Gasteiger partial charge in [0.15, 0.2) is 12.1 Å². The number of hydrogen-bond donors (Lipinski definition) is 1. The monoisotopic (exact) mass is 152 g/mol. The molecule has 60 valence electrons. The molecular weight excluding hydrogens is 140 g/mol. The Morgan fingerprint density at radius 3 is 2.45 bits per heavy atom. The summed E-state index contributed by atoms with van der Waals surface area (Å²) in [5, 5.41) is 0. The van der Waals surface area contributed by atoms with Crippen LogP contribution in [0.1, 0.15) is 37.1 Å². The molecule has 0 atom stereocenters. The largest absolute Gasteiger partial charge is 0.339 e. The summed E-state index contributed by atoms with van der Waals surface area (Å²) < 4.78 is 0. The number of nitrogens with zero attached hydrogens (tertiary/aromatic N) is 1. The molecule has 0 saturated heterocycles. The number of aromatic nitrogens is 2. The minimum atomic E-state index is 0.0360. The zero-order valence-electron chi connectivity index (χ0n) is 7.01. The molecule has 0 aliphatic heterocycles. The van der Waals surface area contributed by atoms with Crippen LogP contribution >= 0.6 is 0 Å². The Kier molecular flexibility index (Phi) is 1.81. The van der Waals surface area contributed by atoms with Crippen molar-refractivity contribution in [2.24, 2.45) is 0 Å². The summed E-state index contributed by atoms with van der Waals surface area (Å²) in [6.07, 6.45) is 2.42. The molecule has 0 unspecified atom stereocenters. The average molecular weight is 152 g/mol. The van der Waals surface area contributed by atoms with E-state index in [0.29, 0.717) is 5.82 Å². The highest BCUT2D eigenvalue weighted by Gasteiger charge is 2.15. The smallest absolute Gasteiger partial charge is 0.185 e. The Hall–Kier alpha value is -1.12. The van der Waals surface area contributed by atoms with E-state index in [-0.39, 0.29) is 5.41 Å². The van der Waals surface area contributed by atoms with E-state index in [1.807, 2.05) is 0 Å². The number of aldehydes is 1. The average Bonchev–Trinajstić information content (AvgIpc) is 2.32. The predicted molar refractivity (Wildman–Crippen MR) is 42.7 cm³/mol. The topological polar surface area (TPSA) is 45.8 Å². The maximum absolute atomic E-state index is 10.3. The Morgan fingerprint density at radius 1 is 1.55 bits per heavy atom. The summed E-state index contributed by atoms with van der Waals surface area (Å²) in [5.41, 5.74) is 1.02. The van der Waals surface area contributed by atoms with Crippen molar-refractivity contribution in [3.63, 3.8) is 0 Å². The number of carbonyl (C=O) groups is 1. The molecule has 11 heavy (non-hydrogen) atoms. The molecule has 1 heterocycles. The van der Waals surface area contributed by atoms with Crippen molar-refractivity contribution in [1.82, 2.24) is 9.97 Å². The van der Waals surface area contributed by atoms with Crippen LogP contribution in [0.25, 0.3) is 0 Å². The summed E-state index contributed by atoms with van der Waals surface area (Å²) in [6.45, 7) is 6.19. The van der Waals surface area contributed by atoms with Crippen LogP contribution in [-0.4, -0.2) is 16.3 Å². The van der Waals surface area contributed by atoms with Crippen LogP contribution in [0.3, 0.4) is 0 Å². The summed E-state index contributed by atoms with van der Waals surface area (Å²) in [7, 11) is 0. The van der Waals surface area contributed by atoms with Gasteiger partial charge in [0.25, 0.3) is 0 Å². The second-order valence-electron chi connectivity index (χ2n) is 3.55. The maximum atomic E-state index is 10.3. The molecule has 0 fully saturated rings. The standard InChI is InChI=1S/C8H12N2O/c1-8(2,3)6-4-9-7(5-11)10-6/h4-5H,1-3H3,(H,9,10). The molecule has 0 bridgehead atoms. The van der Waals surface area contributed by atoms with Gasteiger partial charge in [-0.3, -0.25) is 4.79 Å². The summed E-state index contributed by atoms with van der Waals surface area (Å²) in [4.78, 5) is 17.1. The van der Waals surface area contributed by atoms with Crippen LogP contribution < -0.4 is 0 Å². The molecule has 0 radical (unpaired) electrons. The van der Waals surface area contributed by atoms with Crippen LogP contribution in [0.2, 0.25) is 0 Å². The van der Waals surface area contributed by atoms with Crippen molar-refractivity contribution in [3.05, 3.63) is 17.7 Å². The molecule has 0 aliphatic carbocycles. The molecule has 1 aromatic heterocycles. The van der Waals surface area contributed by atoms with Gasteiger partial charge in [0.1, 0.15) is 0 Å². The fraction of sp³-hybridized carbons (Fsp3) is 0.500. The van der Waals surface area contributed by atoms with Crippen molar-refractivity contribution in [3.8, 4) is 0 Å². The SMILES string of the molecule is CC(C)(C)c1cnc(C=O)[nH]1. The molecule has 0 saturated carbocycles. The van der Waals surface area contributed by atoms with Gasteiger partial charge < -0.3 is 4.98 Å². The molecule has 3 heteroatoms. The first-order valence-electron chi connectivity index (χ1n) is 3.54. The molecular formula is C8H12N2O. The Balaban J connectivity index is 2.98. The Labute approximate surface area is 65.8 Å². The zero-order chi connectivity index (χ0) is 8.48. The molecule has 0 aromatic carbocycles. The second kappa shape index (κ2) is 2.49. The van der Waals surface area contributed by atoms with E-state index in [1.165, 1.54) is 0 Å². The van der Waals surface area contributed by atoms with Gasteiger partial charge in [0.05, 0.1) is 0 Å². The summed E-state index contributed by atoms with van der Waals surface area (Å²) in [5.74, 6) is 0.398. The number of H-pyrrole nitrogens is 1. The Bertz CT molecular complexity index is 257. The van der Waals surface area contributed by atoms with Gasteiger partial charge in [-0.1, -0.05) is 20.8 Å². The number of aromatic amines is 1. The van der Waals surface area contributed by atoms with Crippen LogP contribution in [0.4, 0.5) is 0 Å². The molecule has 3 nitrogen and oxygen atoms in total. The summed E-state index contributed by atoms with van der Waals surface area (Å²) in [6, 6.07) is 0. The number of carbonyl (C=O) groups excluding carboxylic acids is 1. The molecule has 1 N–H and O–H groups in total. The summed E-state index contributed by atoms with van der Waals surface area (Å²) >= 11 is 0. The molecule has 1 rings (SSSR count). The lowest BCUT2D eigenvalue weighted by molar-refractivity contribution is 0.111. The molecule has 0 aliphatic rings. The fourth-order valence-corrected chi connectivity index (χ4v) is 0.778. The first-order chi connectivity index (χ1) is 5.04. The second-order valence-corrected chi connectivity index (χ2v) is 3.55. The van der Waals surface area contributed by atoms with E-state index < -0.39 is 0 Å². The molecule has 1 aromatic rings. The van der Waals surface area contributed by atoms with E-state index in [2.05, 4.69) is 30.7 Å².